The maximum absolute atomic E-state index is 9.91. The van der Waals surface area contributed by atoms with Crippen LogP contribution in [0.4, 0.5) is 11.6 Å². The summed E-state index contributed by atoms with van der Waals surface area (Å²) in [7, 11) is 0. The van der Waals surface area contributed by atoms with Gasteiger partial charge in [0, 0.05) is 10.3 Å². The minimum absolute atomic E-state index is 0.253. The zero-order chi connectivity index (χ0) is 15.1. The number of phenols is 1. The van der Waals surface area contributed by atoms with E-state index in [0.29, 0.717) is 11.6 Å². The third kappa shape index (κ3) is 2.05. The minimum Gasteiger partial charge on any atom is -0.507 e. The molecule has 0 atom stereocenters. The van der Waals surface area contributed by atoms with Crippen LogP contribution in [0, 0.1) is 6.92 Å². The van der Waals surface area contributed by atoms with Crippen LogP contribution in [0.5, 0.6) is 5.75 Å². The van der Waals surface area contributed by atoms with Gasteiger partial charge in [-0.15, -0.1) is 21.6 Å². The quantitative estimate of drug-likeness (QED) is 0.499. The van der Waals surface area contributed by atoms with Crippen molar-refractivity contribution in [3.8, 4) is 5.75 Å². The number of hydrogen-bond donors (Lipinski definition) is 1. The molecule has 2 aromatic carbocycles. The van der Waals surface area contributed by atoms with Crippen molar-refractivity contribution in [2.45, 2.75) is 6.92 Å². The number of azo groups is 1. The van der Waals surface area contributed by atoms with E-state index in [0.717, 1.165) is 25.9 Å². The van der Waals surface area contributed by atoms with Gasteiger partial charge in [0.25, 0.3) is 5.88 Å². The predicted octanol–water partition coefficient (Wildman–Crippen LogP) is 5.47. The van der Waals surface area contributed by atoms with E-state index in [4.69, 9.17) is 4.52 Å². The summed E-state index contributed by atoms with van der Waals surface area (Å²) in [6.45, 7) is 2.00. The van der Waals surface area contributed by atoms with Crippen LogP contribution in [0.15, 0.2) is 57.2 Å². The highest BCUT2D eigenvalue weighted by Gasteiger charge is 2.10. The van der Waals surface area contributed by atoms with Crippen LogP contribution in [0.3, 0.4) is 0 Å². The van der Waals surface area contributed by atoms with E-state index in [9.17, 15) is 5.11 Å². The molecule has 0 aliphatic heterocycles. The molecule has 0 saturated carbocycles. The van der Waals surface area contributed by atoms with Crippen molar-refractivity contribution >= 4 is 43.9 Å². The molecule has 0 bridgehead atoms. The van der Waals surface area contributed by atoms with Crippen molar-refractivity contribution in [3.63, 3.8) is 0 Å². The van der Waals surface area contributed by atoms with E-state index in [2.05, 4.69) is 15.4 Å². The molecular formula is C16H11N3O2S. The lowest BCUT2D eigenvalue weighted by Gasteiger charge is -1.97. The van der Waals surface area contributed by atoms with Gasteiger partial charge in [-0.2, -0.15) is 0 Å². The van der Waals surface area contributed by atoms with E-state index in [1.807, 2.05) is 37.3 Å². The number of thiophene rings is 1. The second kappa shape index (κ2) is 4.92. The van der Waals surface area contributed by atoms with Crippen LogP contribution < -0.4 is 0 Å². The maximum atomic E-state index is 9.91. The monoisotopic (exact) mass is 309 g/mol. The Morgan fingerprint density at radius 1 is 1.09 bits per heavy atom. The molecule has 22 heavy (non-hydrogen) atoms. The van der Waals surface area contributed by atoms with Gasteiger partial charge in [0.05, 0.1) is 10.1 Å². The number of aromatic hydroxyl groups is 1. The average Bonchev–Trinajstić information content (AvgIpc) is 3.11. The number of fused-ring (bicyclic) bond motifs is 2. The van der Waals surface area contributed by atoms with Gasteiger partial charge < -0.3 is 9.63 Å². The lowest BCUT2D eigenvalue weighted by atomic mass is 10.2. The first-order chi connectivity index (χ1) is 10.7. The highest BCUT2D eigenvalue weighted by molar-refractivity contribution is 7.19. The summed E-state index contributed by atoms with van der Waals surface area (Å²) in [4.78, 5) is 1.11. The van der Waals surface area contributed by atoms with Gasteiger partial charge in [0.15, 0.2) is 0 Å². The van der Waals surface area contributed by atoms with Crippen LogP contribution >= 0.6 is 11.3 Å². The van der Waals surface area contributed by atoms with E-state index >= 15 is 0 Å². The van der Waals surface area contributed by atoms with E-state index in [-0.39, 0.29) is 5.75 Å². The lowest BCUT2D eigenvalue weighted by molar-refractivity contribution is 0.436. The van der Waals surface area contributed by atoms with Gasteiger partial charge in [-0.25, -0.2) is 0 Å². The molecule has 0 unspecified atom stereocenters. The van der Waals surface area contributed by atoms with Crippen molar-refractivity contribution in [1.29, 1.82) is 0 Å². The fourth-order valence-electron chi connectivity index (χ4n) is 2.34. The molecular weight excluding hydrogens is 298 g/mol. The number of benzene rings is 2. The molecule has 2 heterocycles. The van der Waals surface area contributed by atoms with Gasteiger partial charge >= 0.3 is 0 Å². The number of hydrogen-bond acceptors (Lipinski definition) is 6. The number of aryl methyl sites for hydroxylation is 1. The first kappa shape index (κ1) is 13.0. The van der Waals surface area contributed by atoms with E-state index < -0.39 is 0 Å². The molecule has 6 heteroatoms. The van der Waals surface area contributed by atoms with Crippen LogP contribution in [0.1, 0.15) is 4.88 Å². The zero-order valence-corrected chi connectivity index (χ0v) is 12.5. The van der Waals surface area contributed by atoms with Crippen molar-refractivity contribution in [2.24, 2.45) is 10.2 Å². The number of phenolic OH excluding ortho intramolecular Hbond substituents is 1. The molecule has 0 aliphatic carbocycles. The van der Waals surface area contributed by atoms with Crippen LogP contribution in [-0.2, 0) is 0 Å². The molecule has 4 aromatic rings. The smallest absolute Gasteiger partial charge is 0.277 e. The fraction of sp³-hybridized carbons (Fsp3) is 0.0625. The van der Waals surface area contributed by atoms with Gasteiger partial charge in [-0.05, 0) is 37.3 Å². The molecule has 0 radical (unpaired) electrons. The average molecular weight is 309 g/mol. The maximum Gasteiger partial charge on any atom is 0.277 e. The highest BCUT2D eigenvalue weighted by atomic mass is 32.1. The Kier molecular flexibility index (Phi) is 2.90. The summed E-state index contributed by atoms with van der Waals surface area (Å²) < 4.78 is 6.13. The fourth-order valence-corrected chi connectivity index (χ4v) is 3.33. The Morgan fingerprint density at radius 3 is 2.86 bits per heavy atom. The van der Waals surface area contributed by atoms with E-state index in [1.165, 1.54) is 0 Å². The normalized spacial score (nSPS) is 11.9. The first-order valence-corrected chi connectivity index (χ1v) is 7.52. The highest BCUT2D eigenvalue weighted by Crippen LogP contribution is 2.39. The standard InChI is InChI=1S/C16H11N3O2S/c1-9-8-11-14(20)7-6-13(15(11)22-9)17-18-16-10-4-2-3-5-12(10)19-21-16/h2-8,20H,1H3/b18-17+. The molecule has 0 aliphatic rings. The van der Waals surface area contributed by atoms with Crippen molar-refractivity contribution in [2.75, 3.05) is 0 Å². The van der Waals surface area contributed by atoms with Gasteiger partial charge in [-0.3, -0.25) is 0 Å². The number of rotatable bonds is 2. The summed E-state index contributed by atoms with van der Waals surface area (Å²) in [6.07, 6.45) is 0. The Labute approximate surface area is 129 Å². The molecule has 2 aromatic heterocycles. The summed E-state index contributed by atoms with van der Waals surface area (Å²) >= 11 is 1.57. The van der Waals surface area contributed by atoms with E-state index in [1.54, 1.807) is 23.5 Å². The van der Waals surface area contributed by atoms with Crippen molar-refractivity contribution in [3.05, 3.63) is 47.3 Å². The summed E-state index contributed by atoms with van der Waals surface area (Å²) in [6, 6.07) is 12.9. The summed E-state index contributed by atoms with van der Waals surface area (Å²) in [5.74, 6) is 0.633. The van der Waals surface area contributed by atoms with Crippen LogP contribution in [0.25, 0.3) is 21.0 Å². The Bertz CT molecular complexity index is 1020. The molecule has 0 spiro atoms. The Balaban J connectivity index is 1.82. The molecule has 0 fully saturated rings. The third-order valence-corrected chi connectivity index (χ3v) is 4.45. The molecule has 108 valence electrons. The molecule has 1 N–H and O–H groups in total. The topological polar surface area (TPSA) is 71.0 Å². The number of aromatic nitrogens is 1. The summed E-state index contributed by atoms with van der Waals surface area (Å²) in [5, 5.41) is 23.9. The molecule has 4 rings (SSSR count). The molecule has 0 saturated heterocycles. The van der Waals surface area contributed by atoms with Gasteiger partial charge in [-0.1, -0.05) is 17.3 Å². The number of nitrogens with zero attached hydrogens (tertiary/aromatic N) is 3. The Hall–Kier alpha value is -2.73. The van der Waals surface area contributed by atoms with Gasteiger partial charge in [0.1, 0.15) is 17.0 Å². The minimum atomic E-state index is 0.253. The summed E-state index contributed by atoms with van der Waals surface area (Å²) in [5.41, 5.74) is 1.45. The SMILES string of the molecule is Cc1cc2c(O)ccc(/N=N/c3onc4ccccc34)c2s1. The first-order valence-electron chi connectivity index (χ1n) is 6.70. The zero-order valence-electron chi connectivity index (χ0n) is 11.6. The van der Waals surface area contributed by atoms with Crippen LogP contribution in [0.2, 0.25) is 0 Å². The predicted molar refractivity (Wildman–Crippen MR) is 86.4 cm³/mol. The molecule has 0 amide bonds. The third-order valence-electron chi connectivity index (χ3n) is 3.38. The lowest BCUT2D eigenvalue weighted by Crippen LogP contribution is -1.68. The Morgan fingerprint density at radius 2 is 1.95 bits per heavy atom. The van der Waals surface area contributed by atoms with Crippen LogP contribution in [-0.4, -0.2) is 10.3 Å². The molecule has 5 nitrogen and oxygen atoms in total. The van der Waals surface area contributed by atoms with Crippen molar-refractivity contribution in [1.82, 2.24) is 5.16 Å². The largest absolute Gasteiger partial charge is 0.507 e. The van der Waals surface area contributed by atoms with Gasteiger partial charge in [0.2, 0.25) is 0 Å². The second-order valence-electron chi connectivity index (χ2n) is 4.91. The second-order valence-corrected chi connectivity index (χ2v) is 6.16. The van der Waals surface area contributed by atoms with Crippen molar-refractivity contribution < 1.29 is 9.63 Å².